The molecule has 0 saturated heterocycles. The molecule has 0 aliphatic carbocycles. The van der Waals surface area contributed by atoms with E-state index >= 15 is 0 Å². The van der Waals surface area contributed by atoms with E-state index in [1.807, 2.05) is 0 Å². The van der Waals surface area contributed by atoms with Gasteiger partial charge >= 0.3 is 0 Å². The fraction of sp³-hybridized carbons (Fsp3) is 0.500. The highest BCUT2D eigenvalue weighted by molar-refractivity contribution is 7.10. The van der Waals surface area contributed by atoms with Gasteiger partial charge in [0.15, 0.2) is 0 Å². The fourth-order valence-electron chi connectivity index (χ4n) is 1.10. The van der Waals surface area contributed by atoms with Crippen LogP contribution in [-0.2, 0) is 13.1 Å². The zero-order valence-electron chi connectivity index (χ0n) is 7.50. The summed E-state index contributed by atoms with van der Waals surface area (Å²) in [5.41, 5.74) is 4.04. The number of hydrogen-bond acceptors (Lipinski definition) is 4. The standard InChI is InChI=1S/C8H15N3S/c1-11(2)6-7-3-4-12-8(7)5-10-9/h3-4,10H,5-6,9H2,1-2H3. The number of nitrogens with two attached hydrogens (primary N) is 1. The topological polar surface area (TPSA) is 41.3 Å². The second kappa shape index (κ2) is 4.57. The summed E-state index contributed by atoms with van der Waals surface area (Å²) in [4.78, 5) is 3.48. The van der Waals surface area contributed by atoms with E-state index in [-0.39, 0.29) is 0 Å². The molecule has 12 heavy (non-hydrogen) atoms. The lowest BCUT2D eigenvalue weighted by atomic mass is 10.2. The first-order valence-corrected chi connectivity index (χ1v) is 4.75. The molecule has 0 aliphatic rings. The van der Waals surface area contributed by atoms with E-state index in [4.69, 9.17) is 5.84 Å². The molecule has 0 aromatic carbocycles. The normalized spacial score (nSPS) is 11.0. The molecule has 1 aromatic rings. The van der Waals surface area contributed by atoms with Crippen molar-refractivity contribution in [1.82, 2.24) is 10.3 Å². The zero-order chi connectivity index (χ0) is 8.97. The molecule has 0 spiro atoms. The Hall–Kier alpha value is -0.420. The molecule has 0 radical (unpaired) electrons. The van der Waals surface area contributed by atoms with Crippen LogP contribution in [0.3, 0.4) is 0 Å². The van der Waals surface area contributed by atoms with Crippen molar-refractivity contribution >= 4 is 11.3 Å². The molecule has 4 heteroatoms. The van der Waals surface area contributed by atoms with Crippen LogP contribution in [0.15, 0.2) is 11.4 Å². The van der Waals surface area contributed by atoms with Gasteiger partial charge in [0.2, 0.25) is 0 Å². The molecule has 1 rings (SSSR count). The minimum Gasteiger partial charge on any atom is -0.305 e. The number of thiophene rings is 1. The molecule has 0 saturated carbocycles. The van der Waals surface area contributed by atoms with Crippen molar-refractivity contribution < 1.29 is 0 Å². The second-order valence-corrected chi connectivity index (χ2v) is 3.99. The van der Waals surface area contributed by atoms with E-state index in [1.165, 1.54) is 10.4 Å². The third-order valence-corrected chi connectivity index (χ3v) is 2.55. The van der Waals surface area contributed by atoms with Crippen molar-refractivity contribution in [2.45, 2.75) is 13.1 Å². The van der Waals surface area contributed by atoms with Gasteiger partial charge in [0, 0.05) is 18.0 Å². The van der Waals surface area contributed by atoms with Gasteiger partial charge in [-0.1, -0.05) is 0 Å². The number of hydrazine groups is 1. The summed E-state index contributed by atoms with van der Waals surface area (Å²) in [5, 5.41) is 2.10. The van der Waals surface area contributed by atoms with Crippen LogP contribution in [0.4, 0.5) is 0 Å². The first kappa shape index (κ1) is 9.67. The van der Waals surface area contributed by atoms with E-state index in [0.29, 0.717) is 0 Å². The van der Waals surface area contributed by atoms with Gasteiger partial charge in [-0.25, -0.2) is 0 Å². The van der Waals surface area contributed by atoms with Crippen LogP contribution in [0.2, 0.25) is 0 Å². The van der Waals surface area contributed by atoms with E-state index in [2.05, 4.69) is 35.9 Å². The average molecular weight is 185 g/mol. The Kier molecular flexibility index (Phi) is 3.68. The molecule has 0 fully saturated rings. The highest BCUT2D eigenvalue weighted by Gasteiger charge is 2.03. The first-order chi connectivity index (χ1) is 5.74. The van der Waals surface area contributed by atoms with E-state index < -0.39 is 0 Å². The monoisotopic (exact) mass is 185 g/mol. The van der Waals surface area contributed by atoms with Gasteiger partial charge in [0.1, 0.15) is 0 Å². The summed E-state index contributed by atoms with van der Waals surface area (Å²) < 4.78 is 0. The molecule has 0 unspecified atom stereocenters. The van der Waals surface area contributed by atoms with Gasteiger partial charge in [-0.15, -0.1) is 11.3 Å². The highest BCUT2D eigenvalue weighted by atomic mass is 32.1. The van der Waals surface area contributed by atoms with Gasteiger partial charge in [0.25, 0.3) is 0 Å². The lowest BCUT2D eigenvalue weighted by molar-refractivity contribution is 0.401. The summed E-state index contributed by atoms with van der Waals surface area (Å²) in [5.74, 6) is 5.26. The van der Waals surface area contributed by atoms with E-state index in [1.54, 1.807) is 11.3 Å². The highest BCUT2D eigenvalue weighted by Crippen LogP contribution is 2.17. The zero-order valence-corrected chi connectivity index (χ0v) is 8.32. The predicted octanol–water partition coefficient (Wildman–Crippen LogP) is 0.773. The van der Waals surface area contributed by atoms with Gasteiger partial charge < -0.3 is 4.90 Å². The van der Waals surface area contributed by atoms with Crippen molar-refractivity contribution in [3.63, 3.8) is 0 Å². The van der Waals surface area contributed by atoms with Crippen LogP contribution >= 0.6 is 11.3 Å². The maximum atomic E-state index is 5.26. The molecule has 68 valence electrons. The molecule has 3 nitrogen and oxygen atoms in total. The summed E-state index contributed by atoms with van der Waals surface area (Å²) in [6.07, 6.45) is 0. The molecule has 0 aliphatic heterocycles. The van der Waals surface area contributed by atoms with E-state index in [9.17, 15) is 0 Å². The number of nitrogens with one attached hydrogen (secondary N) is 1. The molecule has 3 N–H and O–H groups in total. The third kappa shape index (κ3) is 2.57. The summed E-state index contributed by atoms with van der Waals surface area (Å²) in [7, 11) is 4.13. The summed E-state index contributed by atoms with van der Waals surface area (Å²) in [6.45, 7) is 1.75. The molecule has 1 heterocycles. The van der Waals surface area contributed by atoms with Crippen LogP contribution in [0, 0.1) is 0 Å². The SMILES string of the molecule is CN(C)Cc1ccsc1CNN. The van der Waals surface area contributed by atoms with E-state index in [0.717, 1.165) is 13.1 Å². The van der Waals surface area contributed by atoms with Crippen LogP contribution in [0.1, 0.15) is 10.4 Å². The largest absolute Gasteiger partial charge is 0.305 e. The summed E-state index contributed by atoms with van der Waals surface area (Å²) in [6, 6.07) is 2.15. The summed E-state index contributed by atoms with van der Waals surface area (Å²) >= 11 is 1.75. The number of nitrogens with zero attached hydrogens (tertiary/aromatic N) is 1. The van der Waals surface area contributed by atoms with Gasteiger partial charge in [-0.05, 0) is 31.1 Å². The smallest absolute Gasteiger partial charge is 0.0446 e. The van der Waals surface area contributed by atoms with Crippen molar-refractivity contribution in [1.29, 1.82) is 0 Å². The molecule has 0 amide bonds. The van der Waals surface area contributed by atoms with Crippen LogP contribution in [-0.4, -0.2) is 19.0 Å². The second-order valence-electron chi connectivity index (χ2n) is 2.99. The molecule has 1 aromatic heterocycles. The Balaban J connectivity index is 2.63. The van der Waals surface area contributed by atoms with Gasteiger partial charge in [0.05, 0.1) is 0 Å². The minimum atomic E-state index is 0.765. The maximum absolute atomic E-state index is 5.26. The maximum Gasteiger partial charge on any atom is 0.0446 e. The van der Waals surface area contributed by atoms with Crippen LogP contribution < -0.4 is 11.3 Å². The van der Waals surface area contributed by atoms with Crippen LogP contribution in [0.25, 0.3) is 0 Å². The van der Waals surface area contributed by atoms with Gasteiger partial charge in [-0.2, -0.15) is 0 Å². The Labute approximate surface area is 77.2 Å². The van der Waals surface area contributed by atoms with Crippen molar-refractivity contribution in [3.8, 4) is 0 Å². The lowest BCUT2D eigenvalue weighted by Gasteiger charge is -2.09. The first-order valence-electron chi connectivity index (χ1n) is 3.87. The quantitative estimate of drug-likeness (QED) is 0.538. The van der Waals surface area contributed by atoms with Crippen LogP contribution in [0.5, 0.6) is 0 Å². The fourth-order valence-corrected chi connectivity index (χ4v) is 1.94. The Bertz CT molecular complexity index is 232. The number of rotatable bonds is 4. The average Bonchev–Trinajstić information content (AvgIpc) is 2.37. The van der Waals surface area contributed by atoms with Gasteiger partial charge in [-0.3, -0.25) is 11.3 Å². The Morgan fingerprint density at radius 1 is 1.58 bits per heavy atom. The molecular weight excluding hydrogens is 170 g/mol. The van der Waals surface area contributed by atoms with Crippen molar-refractivity contribution in [3.05, 3.63) is 21.9 Å². The molecule has 0 atom stereocenters. The Morgan fingerprint density at radius 3 is 2.92 bits per heavy atom. The molecular formula is C8H15N3S. The molecule has 0 bridgehead atoms. The lowest BCUT2D eigenvalue weighted by Crippen LogP contribution is -2.21. The minimum absolute atomic E-state index is 0.765. The van der Waals surface area contributed by atoms with Crippen molar-refractivity contribution in [2.24, 2.45) is 5.84 Å². The number of hydrogen-bond donors (Lipinski definition) is 2. The Morgan fingerprint density at radius 2 is 2.33 bits per heavy atom. The van der Waals surface area contributed by atoms with Crippen molar-refractivity contribution in [2.75, 3.05) is 14.1 Å². The predicted molar refractivity (Wildman–Crippen MR) is 52.7 cm³/mol. The third-order valence-electron chi connectivity index (χ3n) is 1.59.